The third kappa shape index (κ3) is 2.95. The van der Waals surface area contributed by atoms with E-state index in [4.69, 9.17) is 0 Å². The van der Waals surface area contributed by atoms with Crippen LogP contribution in [-0.4, -0.2) is 57.7 Å². The largest absolute Gasteiger partial charge is 0.337 e. The van der Waals surface area contributed by atoms with Crippen LogP contribution in [0.2, 0.25) is 0 Å². The summed E-state index contributed by atoms with van der Waals surface area (Å²) in [6.45, 7) is 2.13. The Kier molecular flexibility index (Phi) is 4.29. The molecule has 2 fully saturated rings. The van der Waals surface area contributed by atoms with Crippen molar-refractivity contribution in [2.75, 3.05) is 20.1 Å². The lowest BCUT2D eigenvalue weighted by Crippen LogP contribution is -2.48. The summed E-state index contributed by atoms with van der Waals surface area (Å²) in [5.74, 6) is 0.101. The van der Waals surface area contributed by atoms with Crippen molar-refractivity contribution < 1.29 is 4.79 Å². The van der Waals surface area contributed by atoms with Crippen molar-refractivity contribution in [1.82, 2.24) is 19.6 Å². The first kappa shape index (κ1) is 16.3. The number of aromatic nitrogens is 2. The summed E-state index contributed by atoms with van der Waals surface area (Å²) >= 11 is 0. The molecule has 1 aromatic carbocycles. The van der Waals surface area contributed by atoms with Crippen molar-refractivity contribution in [2.24, 2.45) is 0 Å². The molecule has 2 saturated heterocycles. The van der Waals surface area contributed by atoms with E-state index in [-0.39, 0.29) is 17.9 Å². The summed E-state index contributed by atoms with van der Waals surface area (Å²) in [6.07, 6.45) is 5.84. The lowest BCUT2D eigenvalue weighted by Gasteiger charge is -2.33. The van der Waals surface area contributed by atoms with Gasteiger partial charge in [0.05, 0.1) is 11.7 Å². The van der Waals surface area contributed by atoms with E-state index in [0.717, 1.165) is 31.4 Å². The highest BCUT2D eigenvalue weighted by Gasteiger charge is 2.38. The predicted octanol–water partition coefficient (Wildman–Crippen LogP) is 1.48. The van der Waals surface area contributed by atoms with Crippen molar-refractivity contribution in [2.45, 2.75) is 44.3 Å². The number of fused-ring (bicyclic) bond motifs is 1. The Balaban J connectivity index is 1.58. The Hall–Kier alpha value is -2.21. The monoisotopic (exact) mass is 340 g/mol. The first-order valence-corrected chi connectivity index (χ1v) is 9.10. The molecule has 2 aromatic rings. The molecule has 0 saturated carbocycles. The molecule has 4 rings (SSSR count). The first-order valence-electron chi connectivity index (χ1n) is 9.10. The van der Waals surface area contributed by atoms with E-state index < -0.39 is 0 Å². The van der Waals surface area contributed by atoms with Crippen LogP contribution in [0.15, 0.2) is 35.3 Å². The molecule has 6 heteroatoms. The second-order valence-electron chi connectivity index (χ2n) is 7.17. The number of carbonyl (C=O) groups excluding carboxylic acids is 1. The number of nitrogens with zero attached hydrogens (tertiary/aromatic N) is 4. The first-order chi connectivity index (χ1) is 12.1. The molecule has 0 unspecified atom stereocenters. The molecule has 0 spiro atoms. The Morgan fingerprint density at radius 2 is 1.92 bits per heavy atom. The molecule has 132 valence electrons. The second-order valence-corrected chi connectivity index (χ2v) is 7.17. The van der Waals surface area contributed by atoms with E-state index in [0.29, 0.717) is 17.5 Å². The van der Waals surface area contributed by atoms with E-state index in [1.807, 2.05) is 23.1 Å². The van der Waals surface area contributed by atoms with Gasteiger partial charge in [-0.2, -0.15) is 5.10 Å². The molecule has 1 aromatic heterocycles. The Morgan fingerprint density at radius 1 is 1.16 bits per heavy atom. The summed E-state index contributed by atoms with van der Waals surface area (Å²) in [6, 6.07) is 8.13. The number of rotatable bonds is 3. The summed E-state index contributed by atoms with van der Waals surface area (Å²) in [4.78, 5) is 29.4. The molecule has 25 heavy (non-hydrogen) atoms. The Bertz CT molecular complexity index is 847. The SMILES string of the molecule is CN1CCC[C@H]1[C@@H]1CCCN1C(=O)Cn1ncc(=O)c2ccccc21. The summed E-state index contributed by atoms with van der Waals surface area (Å²) < 4.78 is 1.66. The maximum Gasteiger partial charge on any atom is 0.244 e. The van der Waals surface area contributed by atoms with Gasteiger partial charge in [0.1, 0.15) is 6.54 Å². The molecule has 2 aliphatic heterocycles. The minimum atomic E-state index is -0.106. The lowest BCUT2D eigenvalue weighted by atomic mass is 10.0. The number of carbonyl (C=O) groups is 1. The predicted molar refractivity (Wildman–Crippen MR) is 96.4 cm³/mol. The van der Waals surface area contributed by atoms with E-state index in [1.54, 1.807) is 10.7 Å². The number of likely N-dealkylation sites (N-methyl/N-ethyl adjacent to an activating group) is 1. The van der Waals surface area contributed by atoms with Crippen LogP contribution in [0.1, 0.15) is 25.7 Å². The van der Waals surface area contributed by atoms with Gasteiger partial charge in [0.15, 0.2) is 0 Å². The lowest BCUT2D eigenvalue weighted by molar-refractivity contribution is -0.133. The van der Waals surface area contributed by atoms with Gasteiger partial charge < -0.3 is 9.80 Å². The van der Waals surface area contributed by atoms with Gasteiger partial charge in [-0.25, -0.2) is 0 Å². The van der Waals surface area contributed by atoms with E-state index in [2.05, 4.69) is 17.0 Å². The highest BCUT2D eigenvalue weighted by molar-refractivity contribution is 5.81. The average Bonchev–Trinajstić information content (AvgIpc) is 3.26. The fourth-order valence-electron chi connectivity index (χ4n) is 4.43. The number of amides is 1. The van der Waals surface area contributed by atoms with Crippen LogP contribution in [-0.2, 0) is 11.3 Å². The molecule has 0 aliphatic carbocycles. The van der Waals surface area contributed by atoms with Crippen molar-refractivity contribution in [3.05, 3.63) is 40.7 Å². The van der Waals surface area contributed by atoms with Gasteiger partial charge in [-0.05, 0) is 51.4 Å². The van der Waals surface area contributed by atoms with Crippen LogP contribution in [0, 0.1) is 0 Å². The van der Waals surface area contributed by atoms with Gasteiger partial charge in [-0.1, -0.05) is 12.1 Å². The molecule has 3 heterocycles. The summed E-state index contributed by atoms with van der Waals surface area (Å²) in [5, 5.41) is 4.81. The molecular weight excluding hydrogens is 316 g/mol. The zero-order valence-corrected chi connectivity index (χ0v) is 14.6. The summed E-state index contributed by atoms with van der Waals surface area (Å²) in [7, 11) is 2.16. The third-order valence-corrected chi connectivity index (χ3v) is 5.69. The smallest absolute Gasteiger partial charge is 0.244 e. The zero-order valence-electron chi connectivity index (χ0n) is 14.6. The molecule has 0 N–H and O–H groups in total. The third-order valence-electron chi connectivity index (χ3n) is 5.69. The standard InChI is InChI=1S/C19H24N4O2/c1-21-10-4-8-16(21)17-9-5-11-22(17)19(25)13-23-15-7-3-2-6-14(15)18(24)12-20-23/h2-3,6-7,12,16-17H,4-5,8-11,13H2,1H3/t16-,17-/m0/s1. The molecular formula is C19H24N4O2. The average molecular weight is 340 g/mol. The topological polar surface area (TPSA) is 58.4 Å². The quantitative estimate of drug-likeness (QED) is 0.849. The van der Waals surface area contributed by atoms with Gasteiger partial charge in [0.25, 0.3) is 0 Å². The van der Waals surface area contributed by atoms with Crippen LogP contribution in [0.3, 0.4) is 0 Å². The van der Waals surface area contributed by atoms with Crippen molar-refractivity contribution in [1.29, 1.82) is 0 Å². The van der Waals surface area contributed by atoms with E-state index >= 15 is 0 Å². The number of likely N-dealkylation sites (tertiary alicyclic amines) is 2. The van der Waals surface area contributed by atoms with Crippen molar-refractivity contribution in [3.63, 3.8) is 0 Å². The van der Waals surface area contributed by atoms with E-state index in [9.17, 15) is 9.59 Å². The molecule has 0 bridgehead atoms. The van der Waals surface area contributed by atoms with Crippen LogP contribution in [0.4, 0.5) is 0 Å². The fourth-order valence-corrected chi connectivity index (χ4v) is 4.43. The number of para-hydroxylation sites is 1. The zero-order chi connectivity index (χ0) is 17.4. The fraction of sp³-hybridized carbons (Fsp3) is 0.526. The van der Waals surface area contributed by atoms with Crippen LogP contribution in [0.25, 0.3) is 10.9 Å². The van der Waals surface area contributed by atoms with Gasteiger partial charge >= 0.3 is 0 Å². The highest BCUT2D eigenvalue weighted by Crippen LogP contribution is 2.29. The van der Waals surface area contributed by atoms with Crippen LogP contribution >= 0.6 is 0 Å². The Labute approximate surface area is 147 Å². The molecule has 6 nitrogen and oxygen atoms in total. The summed E-state index contributed by atoms with van der Waals surface area (Å²) in [5.41, 5.74) is 0.614. The molecule has 2 aliphatic rings. The number of hydrogen-bond donors (Lipinski definition) is 0. The molecule has 2 atom stereocenters. The maximum atomic E-state index is 13.0. The molecule has 1 amide bonds. The Morgan fingerprint density at radius 3 is 2.72 bits per heavy atom. The minimum absolute atomic E-state index is 0.101. The maximum absolute atomic E-state index is 13.0. The number of hydrogen-bond acceptors (Lipinski definition) is 4. The van der Waals surface area contributed by atoms with Crippen molar-refractivity contribution >= 4 is 16.8 Å². The van der Waals surface area contributed by atoms with Gasteiger partial charge in [0.2, 0.25) is 11.3 Å². The van der Waals surface area contributed by atoms with Crippen LogP contribution in [0.5, 0.6) is 0 Å². The second kappa shape index (κ2) is 6.59. The van der Waals surface area contributed by atoms with E-state index in [1.165, 1.54) is 19.0 Å². The normalized spacial score (nSPS) is 24.3. The highest BCUT2D eigenvalue weighted by atomic mass is 16.2. The number of benzene rings is 1. The molecule has 0 radical (unpaired) electrons. The van der Waals surface area contributed by atoms with Crippen molar-refractivity contribution in [3.8, 4) is 0 Å². The van der Waals surface area contributed by atoms with Crippen LogP contribution < -0.4 is 5.43 Å². The van der Waals surface area contributed by atoms with Gasteiger partial charge in [-0.3, -0.25) is 14.3 Å². The van der Waals surface area contributed by atoms with Gasteiger partial charge in [-0.15, -0.1) is 0 Å². The van der Waals surface area contributed by atoms with Gasteiger partial charge in [0, 0.05) is 24.0 Å². The minimum Gasteiger partial charge on any atom is -0.337 e.